The number of alkyl halides is 1. The van der Waals surface area contributed by atoms with Crippen LogP contribution in [0.15, 0.2) is 24.3 Å². The first-order valence-electron chi connectivity index (χ1n) is 8.91. The Hall–Kier alpha value is -0.380. The number of nitrogens with one attached hydrogen (secondary N) is 2. The van der Waals surface area contributed by atoms with E-state index in [1.54, 1.807) is 18.2 Å². The van der Waals surface area contributed by atoms with Crippen molar-refractivity contribution in [2.24, 2.45) is 0 Å². The molecule has 0 spiro atoms. The summed E-state index contributed by atoms with van der Waals surface area (Å²) in [4.78, 5) is 0. The third kappa shape index (κ3) is 9.21. The lowest BCUT2D eigenvalue weighted by Gasteiger charge is -2.26. The highest BCUT2D eigenvalue weighted by molar-refractivity contribution is 14.1. The second-order valence-corrected chi connectivity index (χ2v) is 10.1. The van der Waals surface area contributed by atoms with Gasteiger partial charge in [-0.1, -0.05) is 51.7 Å². The van der Waals surface area contributed by atoms with Crippen LogP contribution in [0.2, 0.25) is 0 Å². The molecule has 0 fully saturated rings. The molecule has 0 saturated carbocycles. The average Bonchev–Trinajstić information content (AvgIpc) is 2.53. The maximum absolute atomic E-state index is 11.4. The van der Waals surface area contributed by atoms with Gasteiger partial charge >= 0.3 is 0 Å². The number of unbranched alkanes of at least 4 members (excludes halogenated alkanes) is 3. The largest absolute Gasteiger partial charge is 0.374 e. The number of hydrogen-bond acceptors (Lipinski definition) is 4. The van der Waals surface area contributed by atoms with Crippen molar-refractivity contribution in [3.05, 3.63) is 29.8 Å². The van der Waals surface area contributed by atoms with Crippen LogP contribution in [0.4, 0.5) is 5.69 Å². The predicted octanol–water partition coefficient (Wildman–Crippen LogP) is 3.98. The molecule has 7 heteroatoms. The lowest BCUT2D eigenvalue weighted by atomic mass is 10.0. The van der Waals surface area contributed by atoms with Gasteiger partial charge in [-0.25, -0.2) is 8.42 Å². The Balaban J connectivity index is 2.65. The van der Waals surface area contributed by atoms with Gasteiger partial charge in [0.25, 0.3) is 0 Å². The number of sulfonamides is 1. The summed E-state index contributed by atoms with van der Waals surface area (Å²) in [5, 5.41) is 14.3. The molecule has 1 aromatic rings. The van der Waals surface area contributed by atoms with E-state index in [1.165, 1.54) is 25.7 Å². The second kappa shape index (κ2) is 10.7. The van der Waals surface area contributed by atoms with Crippen LogP contribution in [0.1, 0.15) is 57.9 Å². The molecule has 0 heterocycles. The molecule has 0 saturated heterocycles. The fraction of sp³-hybridized carbons (Fsp3) is 0.667. The third-order valence-corrected chi connectivity index (χ3v) is 5.74. The van der Waals surface area contributed by atoms with Gasteiger partial charge in [0.15, 0.2) is 3.61 Å². The first kappa shape index (κ1) is 22.7. The van der Waals surface area contributed by atoms with Gasteiger partial charge in [-0.05, 0) is 53.1 Å². The fourth-order valence-corrected chi connectivity index (χ4v) is 3.80. The number of benzene rings is 1. The summed E-state index contributed by atoms with van der Waals surface area (Å²) in [6.45, 7) is 4.78. The monoisotopic (exact) mass is 482 g/mol. The zero-order chi connectivity index (χ0) is 18.9. The topological polar surface area (TPSA) is 78.4 Å². The molecule has 0 aliphatic rings. The lowest BCUT2D eigenvalue weighted by molar-refractivity contribution is 0.148. The molecule has 0 aliphatic heterocycles. The van der Waals surface area contributed by atoms with Crippen molar-refractivity contribution >= 4 is 38.3 Å². The van der Waals surface area contributed by atoms with Gasteiger partial charge in [-0.2, -0.15) is 0 Å². The molecule has 2 unspecified atom stereocenters. The molecule has 0 radical (unpaired) electrons. The summed E-state index contributed by atoms with van der Waals surface area (Å²) in [6.07, 6.45) is 8.20. The minimum absolute atomic E-state index is 0.385. The molecule has 144 valence electrons. The van der Waals surface area contributed by atoms with Crippen molar-refractivity contribution in [1.82, 2.24) is 5.32 Å². The van der Waals surface area contributed by atoms with Crippen LogP contribution in [0.25, 0.3) is 0 Å². The second-order valence-electron chi connectivity index (χ2n) is 6.55. The van der Waals surface area contributed by atoms with E-state index in [9.17, 15) is 13.5 Å². The van der Waals surface area contributed by atoms with Gasteiger partial charge in [-0.15, -0.1) is 0 Å². The molecule has 25 heavy (non-hydrogen) atoms. The van der Waals surface area contributed by atoms with Gasteiger partial charge in [0.1, 0.15) is 0 Å². The Morgan fingerprint density at radius 3 is 2.56 bits per heavy atom. The summed E-state index contributed by atoms with van der Waals surface area (Å²) >= 11 is 2.01. The quantitative estimate of drug-likeness (QED) is 0.239. The number of hydrogen-bond donors (Lipinski definition) is 3. The van der Waals surface area contributed by atoms with Crippen molar-refractivity contribution in [3.63, 3.8) is 0 Å². The van der Waals surface area contributed by atoms with Crippen molar-refractivity contribution in [2.45, 2.75) is 62.0 Å². The number of aliphatic hydroxyl groups is 1. The fourth-order valence-electron chi connectivity index (χ4n) is 2.68. The molecule has 0 aliphatic carbocycles. The Bertz CT molecular complexity index is 621. The highest BCUT2D eigenvalue weighted by Gasteiger charge is 2.26. The van der Waals surface area contributed by atoms with Crippen LogP contribution in [-0.2, 0) is 13.6 Å². The number of halogens is 1. The van der Waals surface area contributed by atoms with Crippen LogP contribution in [0, 0.1) is 0 Å². The normalized spacial score (nSPS) is 15.6. The van der Waals surface area contributed by atoms with Gasteiger partial charge in [-0.3, -0.25) is 4.72 Å². The molecule has 1 rings (SSSR count). The van der Waals surface area contributed by atoms with Gasteiger partial charge in [0.05, 0.1) is 6.26 Å². The molecular weight excluding hydrogens is 451 g/mol. The zero-order valence-corrected chi connectivity index (χ0v) is 18.4. The first-order chi connectivity index (χ1) is 11.7. The van der Waals surface area contributed by atoms with E-state index in [4.69, 9.17) is 0 Å². The van der Waals surface area contributed by atoms with Gasteiger partial charge in [0.2, 0.25) is 10.0 Å². The maximum atomic E-state index is 11.4. The van der Waals surface area contributed by atoms with E-state index in [0.29, 0.717) is 23.8 Å². The van der Waals surface area contributed by atoms with Crippen molar-refractivity contribution in [3.8, 4) is 0 Å². The van der Waals surface area contributed by atoms with Crippen molar-refractivity contribution in [2.75, 3.05) is 17.5 Å². The van der Waals surface area contributed by atoms with Crippen molar-refractivity contribution in [1.29, 1.82) is 0 Å². The maximum Gasteiger partial charge on any atom is 0.229 e. The van der Waals surface area contributed by atoms with Crippen LogP contribution in [0.5, 0.6) is 0 Å². The summed E-state index contributed by atoms with van der Waals surface area (Å²) in [5.41, 5.74) is 1.14. The number of anilines is 1. The van der Waals surface area contributed by atoms with Crippen LogP contribution in [-0.4, -0.2) is 32.4 Å². The van der Waals surface area contributed by atoms with E-state index in [1.807, 2.05) is 28.7 Å². The summed E-state index contributed by atoms with van der Waals surface area (Å²) in [5.74, 6) is 0. The first-order valence-corrected chi connectivity index (χ1v) is 11.9. The zero-order valence-electron chi connectivity index (χ0n) is 15.4. The SMILES string of the molecule is CCCCCCC(CC)NCC(O)(I)c1cccc(NS(C)(=O)=O)c1. The van der Waals surface area contributed by atoms with Crippen molar-refractivity contribution < 1.29 is 13.5 Å². The smallest absolute Gasteiger partial charge is 0.229 e. The van der Waals surface area contributed by atoms with Gasteiger partial charge < -0.3 is 10.4 Å². The minimum atomic E-state index is -3.33. The van der Waals surface area contributed by atoms with E-state index in [2.05, 4.69) is 23.9 Å². The molecule has 0 bridgehead atoms. The predicted molar refractivity (Wildman–Crippen MR) is 114 cm³/mol. The highest BCUT2D eigenvalue weighted by Crippen LogP contribution is 2.30. The molecule has 2 atom stereocenters. The minimum Gasteiger partial charge on any atom is -0.374 e. The molecule has 5 nitrogen and oxygen atoms in total. The Kier molecular flexibility index (Phi) is 9.69. The molecule has 1 aromatic carbocycles. The summed E-state index contributed by atoms with van der Waals surface area (Å²) in [6, 6.07) is 7.29. The summed E-state index contributed by atoms with van der Waals surface area (Å²) < 4.78 is 24.1. The highest BCUT2D eigenvalue weighted by atomic mass is 127. The van der Waals surface area contributed by atoms with Crippen LogP contribution >= 0.6 is 22.6 Å². The third-order valence-electron chi connectivity index (χ3n) is 4.13. The molecule has 3 N–H and O–H groups in total. The molecular formula is C18H31IN2O3S. The Morgan fingerprint density at radius 2 is 1.96 bits per heavy atom. The van der Waals surface area contributed by atoms with Gasteiger partial charge in [0, 0.05) is 18.3 Å². The van der Waals surface area contributed by atoms with E-state index >= 15 is 0 Å². The Labute approximate surface area is 166 Å². The van der Waals surface area contributed by atoms with E-state index < -0.39 is 13.6 Å². The summed E-state index contributed by atoms with van der Waals surface area (Å²) in [7, 11) is -3.33. The lowest BCUT2D eigenvalue weighted by Crippen LogP contribution is -2.39. The molecule has 0 amide bonds. The standard InChI is InChI=1S/C18H31IN2O3S/c1-4-6-7-8-11-16(5-2)20-14-18(19,22)15-10-9-12-17(13-15)21-25(3,23)24/h9-10,12-13,16,20-22H,4-8,11,14H2,1-3H3. The Morgan fingerprint density at radius 1 is 1.24 bits per heavy atom. The van der Waals surface area contributed by atoms with E-state index in [0.717, 1.165) is 19.1 Å². The molecule has 0 aromatic heterocycles. The van der Waals surface area contributed by atoms with Crippen LogP contribution in [0.3, 0.4) is 0 Å². The number of rotatable bonds is 12. The average molecular weight is 482 g/mol. The van der Waals surface area contributed by atoms with Crippen LogP contribution < -0.4 is 10.0 Å². The van der Waals surface area contributed by atoms with E-state index in [-0.39, 0.29) is 0 Å².